The summed E-state index contributed by atoms with van der Waals surface area (Å²) in [6.45, 7) is 1.91. The Morgan fingerprint density at radius 2 is 2.00 bits per heavy atom. The molecule has 27 heavy (non-hydrogen) atoms. The van der Waals surface area contributed by atoms with Crippen molar-refractivity contribution in [2.45, 2.75) is 50.2 Å². The standard InChI is InChI=1S/C20H26N4O3/c25-18-3-1-2-4-19(18)27-15-7-5-14(6-8-15)22-20(26)17-11-16(23-24-17)13-9-10-21-12-13/h5-8,11,13,18-19,21,25H,1-4,9-10,12H2,(H,22,26)(H,23,24). The van der Waals surface area contributed by atoms with Gasteiger partial charge in [-0.2, -0.15) is 5.10 Å². The van der Waals surface area contributed by atoms with Crippen molar-refractivity contribution in [1.82, 2.24) is 15.5 Å². The zero-order valence-corrected chi connectivity index (χ0v) is 15.3. The first-order chi connectivity index (χ1) is 13.2. The molecule has 0 spiro atoms. The molecule has 2 aromatic rings. The van der Waals surface area contributed by atoms with Crippen molar-refractivity contribution in [3.63, 3.8) is 0 Å². The van der Waals surface area contributed by atoms with E-state index in [-0.39, 0.29) is 12.0 Å². The summed E-state index contributed by atoms with van der Waals surface area (Å²) < 4.78 is 5.89. The third kappa shape index (κ3) is 4.31. The van der Waals surface area contributed by atoms with E-state index in [1.807, 2.05) is 18.2 Å². The maximum atomic E-state index is 12.4. The molecule has 4 rings (SSSR count). The molecule has 2 aliphatic rings. The van der Waals surface area contributed by atoms with Crippen LogP contribution in [0.4, 0.5) is 5.69 Å². The smallest absolute Gasteiger partial charge is 0.276 e. The van der Waals surface area contributed by atoms with Crippen molar-refractivity contribution in [3.05, 3.63) is 41.7 Å². The van der Waals surface area contributed by atoms with Gasteiger partial charge in [0.25, 0.3) is 5.91 Å². The summed E-state index contributed by atoms with van der Waals surface area (Å²) in [6, 6.07) is 9.07. The lowest BCUT2D eigenvalue weighted by Gasteiger charge is -2.28. The molecule has 1 aromatic heterocycles. The second kappa shape index (κ2) is 8.10. The van der Waals surface area contributed by atoms with Crippen molar-refractivity contribution in [1.29, 1.82) is 0 Å². The Morgan fingerprint density at radius 3 is 2.74 bits per heavy atom. The van der Waals surface area contributed by atoms with E-state index in [4.69, 9.17) is 4.74 Å². The molecule has 1 aromatic carbocycles. The summed E-state index contributed by atoms with van der Waals surface area (Å²) in [5.74, 6) is 0.861. The van der Waals surface area contributed by atoms with Gasteiger partial charge in [-0.25, -0.2) is 0 Å². The SMILES string of the molecule is O=C(Nc1ccc(OC2CCCCC2O)cc1)c1cc(C2CCNC2)[nH]n1. The fraction of sp³-hybridized carbons (Fsp3) is 0.500. The Kier molecular flexibility index (Phi) is 5.40. The molecular formula is C20H26N4O3. The molecule has 1 aliphatic carbocycles. The number of H-pyrrole nitrogens is 1. The van der Waals surface area contributed by atoms with Crippen LogP contribution in [0.3, 0.4) is 0 Å². The minimum Gasteiger partial charge on any atom is -0.488 e. The van der Waals surface area contributed by atoms with Gasteiger partial charge in [-0.05, 0) is 62.6 Å². The molecule has 0 radical (unpaired) electrons. The quantitative estimate of drug-likeness (QED) is 0.648. The number of amides is 1. The number of hydrogen-bond acceptors (Lipinski definition) is 5. The van der Waals surface area contributed by atoms with E-state index < -0.39 is 6.10 Å². The van der Waals surface area contributed by atoms with E-state index >= 15 is 0 Å². The van der Waals surface area contributed by atoms with Crippen LogP contribution in [-0.4, -0.2) is 46.5 Å². The monoisotopic (exact) mass is 370 g/mol. The van der Waals surface area contributed by atoms with Crippen molar-refractivity contribution >= 4 is 11.6 Å². The number of aromatic amines is 1. The van der Waals surface area contributed by atoms with Gasteiger partial charge in [0, 0.05) is 23.8 Å². The highest BCUT2D eigenvalue weighted by Crippen LogP contribution is 2.25. The fourth-order valence-electron chi connectivity index (χ4n) is 3.78. The predicted octanol–water partition coefficient (Wildman–Crippen LogP) is 2.42. The Labute approximate surface area is 158 Å². The number of carbonyl (C=O) groups is 1. The van der Waals surface area contributed by atoms with E-state index in [1.165, 1.54) is 0 Å². The van der Waals surface area contributed by atoms with Gasteiger partial charge < -0.3 is 20.5 Å². The third-order valence-electron chi connectivity index (χ3n) is 5.40. The number of hydrogen-bond donors (Lipinski definition) is 4. The van der Waals surface area contributed by atoms with Gasteiger partial charge in [0.05, 0.1) is 6.10 Å². The van der Waals surface area contributed by atoms with E-state index in [2.05, 4.69) is 20.8 Å². The highest BCUT2D eigenvalue weighted by Gasteiger charge is 2.24. The van der Waals surface area contributed by atoms with E-state index in [0.29, 0.717) is 23.0 Å². The van der Waals surface area contributed by atoms with Crippen LogP contribution in [0.2, 0.25) is 0 Å². The van der Waals surface area contributed by atoms with Crippen molar-refractivity contribution in [3.8, 4) is 5.75 Å². The van der Waals surface area contributed by atoms with Crippen LogP contribution in [0.5, 0.6) is 5.75 Å². The number of aliphatic hydroxyl groups is 1. The van der Waals surface area contributed by atoms with Gasteiger partial charge in [-0.15, -0.1) is 0 Å². The second-order valence-corrected chi connectivity index (χ2v) is 7.38. The number of anilines is 1. The fourth-order valence-corrected chi connectivity index (χ4v) is 3.78. The lowest BCUT2D eigenvalue weighted by atomic mass is 9.95. The van der Waals surface area contributed by atoms with Crippen LogP contribution < -0.4 is 15.4 Å². The van der Waals surface area contributed by atoms with Gasteiger partial charge >= 0.3 is 0 Å². The van der Waals surface area contributed by atoms with Crippen molar-refractivity contribution in [2.75, 3.05) is 18.4 Å². The van der Waals surface area contributed by atoms with Crippen molar-refractivity contribution < 1.29 is 14.6 Å². The molecule has 3 atom stereocenters. The van der Waals surface area contributed by atoms with Crippen LogP contribution in [0.1, 0.15) is 54.2 Å². The maximum Gasteiger partial charge on any atom is 0.276 e. The van der Waals surface area contributed by atoms with Gasteiger partial charge in [-0.3, -0.25) is 9.89 Å². The number of rotatable bonds is 5. The molecule has 3 unspecified atom stereocenters. The van der Waals surface area contributed by atoms with Gasteiger partial charge in [-0.1, -0.05) is 6.42 Å². The Bertz CT molecular complexity index is 768. The number of nitrogens with one attached hydrogen (secondary N) is 3. The molecular weight excluding hydrogens is 344 g/mol. The van der Waals surface area contributed by atoms with E-state index in [9.17, 15) is 9.90 Å². The summed E-state index contributed by atoms with van der Waals surface area (Å²) in [4.78, 5) is 12.4. The summed E-state index contributed by atoms with van der Waals surface area (Å²) in [5.41, 5.74) is 2.08. The molecule has 1 saturated carbocycles. The highest BCUT2D eigenvalue weighted by atomic mass is 16.5. The Balaban J connectivity index is 1.34. The molecule has 1 saturated heterocycles. The summed E-state index contributed by atoms with van der Waals surface area (Å²) in [7, 11) is 0. The van der Waals surface area contributed by atoms with Gasteiger partial charge in [0.15, 0.2) is 5.69 Å². The minimum atomic E-state index is -0.401. The Morgan fingerprint density at radius 1 is 1.19 bits per heavy atom. The van der Waals surface area contributed by atoms with E-state index in [1.54, 1.807) is 12.1 Å². The lowest BCUT2D eigenvalue weighted by Crippen LogP contribution is -2.34. The molecule has 2 heterocycles. The Hall–Kier alpha value is -2.38. The molecule has 7 heteroatoms. The number of ether oxygens (including phenoxy) is 1. The first-order valence-corrected chi connectivity index (χ1v) is 9.71. The first-order valence-electron chi connectivity index (χ1n) is 9.71. The summed E-state index contributed by atoms with van der Waals surface area (Å²) in [6.07, 6.45) is 4.31. The maximum absolute atomic E-state index is 12.4. The zero-order valence-electron chi connectivity index (χ0n) is 15.3. The van der Waals surface area contributed by atoms with Gasteiger partial charge in [0.2, 0.25) is 0 Å². The van der Waals surface area contributed by atoms with Crippen LogP contribution in [-0.2, 0) is 0 Å². The van der Waals surface area contributed by atoms with Crippen LogP contribution in [0.25, 0.3) is 0 Å². The average molecular weight is 370 g/mol. The molecule has 1 amide bonds. The van der Waals surface area contributed by atoms with E-state index in [0.717, 1.165) is 50.9 Å². The molecule has 2 fully saturated rings. The lowest BCUT2D eigenvalue weighted by molar-refractivity contribution is 0.00688. The minimum absolute atomic E-state index is 0.147. The average Bonchev–Trinajstić information content (AvgIpc) is 3.36. The summed E-state index contributed by atoms with van der Waals surface area (Å²) in [5, 5.41) is 23.3. The number of carbonyl (C=O) groups excluding carboxylic acids is 1. The first kappa shape index (κ1) is 18.0. The van der Waals surface area contributed by atoms with Gasteiger partial charge in [0.1, 0.15) is 11.9 Å². The molecule has 0 bridgehead atoms. The highest BCUT2D eigenvalue weighted by molar-refractivity contribution is 6.02. The molecule has 144 valence electrons. The molecule has 1 aliphatic heterocycles. The van der Waals surface area contributed by atoms with Crippen LogP contribution in [0, 0.1) is 0 Å². The predicted molar refractivity (Wildman–Crippen MR) is 102 cm³/mol. The van der Waals surface area contributed by atoms with Crippen LogP contribution in [0.15, 0.2) is 30.3 Å². The number of benzene rings is 1. The second-order valence-electron chi connectivity index (χ2n) is 7.38. The zero-order chi connectivity index (χ0) is 18.6. The largest absolute Gasteiger partial charge is 0.488 e. The molecule has 4 N–H and O–H groups in total. The number of nitrogens with zero attached hydrogens (tertiary/aromatic N) is 1. The number of aliphatic hydroxyl groups excluding tert-OH is 1. The number of aromatic nitrogens is 2. The van der Waals surface area contributed by atoms with Crippen LogP contribution >= 0.6 is 0 Å². The third-order valence-corrected chi connectivity index (χ3v) is 5.40. The normalized spacial score (nSPS) is 25.3. The topological polar surface area (TPSA) is 99.3 Å². The summed E-state index contributed by atoms with van der Waals surface area (Å²) >= 11 is 0. The molecule has 7 nitrogen and oxygen atoms in total. The van der Waals surface area contributed by atoms with Crippen molar-refractivity contribution in [2.24, 2.45) is 0 Å².